The number of likely N-dealkylation sites (tertiary alicyclic amines) is 2. The van der Waals surface area contributed by atoms with Crippen LogP contribution in [-0.4, -0.2) is 54.6 Å². The number of halogens is 1. The van der Waals surface area contributed by atoms with Gasteiger partial charge in [0.2, 0.25) is 0 Å². The summed E-state index contributed by atoms with van der Waals surface area (Å²) < 4.78 is 1.09. The molecule has 0 aromatic heterocycles. The average molecular weight is 288 g/mol. The van der Waals surface area contributed by atoms with Gasteiger partial charge in [-0.25, -0.2) is 0 Å². The third-order valence-electron chi connectivity index (χ3n) is 3.73. The van der Waals surface area contributed by atoms with Crippen molar-refractivity contribution in [1.29, 1.82) is 0 Å². The van der Waals surface area contributed by atoms with Crippen LogP contribution in [0.2, 0.25) is 0 Å². The molecule has 2 rings (SSSR count). The molecule has 0 aromatic rings. The number of rotatable bonds is 3. The molecule has 3 nitrogen and oxygen atoms in total. The molecule has 2 N–H and O–H groups in total. The molecule has 0 aromatic carbocycles. The minimum absolute atomic E-state index is 0.441. The zero-order valence-electron chi connectivity index (χ0n) is 9.87. The van der Waals surface area contributed by atoms with Crippen LogP contribution >= 0.6 is 15.9 Å². The first-order valence-electron chi connectivity index (χ1n) is 6.20. The molecule has 2 aliphatic rings. The molecule has 0 saturated carbocycles. The quantitative estimate of drug-likeness (QED) is 0.852. The first-order chi connectivity index (χ1) is 7.65. The van der Waals surface area contributed by atoms with Gasteiger partial charge in [0.15, 0.2) is 0 Å². The lowest BCUT2D eigenvalue weighted by molar-refractivity contribution is 0.154. The van der Waals surface area contributed by atoms with E-state index in [1.807, 2.05) is 0 Å². The van der Waals surface area contributed by atoms with Gasteiger partial charge in [-0.15, -0.1) is 0 Å². The summed E-state index contributed by atoms with van der Waals surface area (Å²) in [5.74, 6) is 0. The normalized spacial score (nSPS) is 29.8. The largest absolute Gasteiger partial charge is 0.328 e. The van der Waals surface area contributed by atoms with Crippen molar-refractivity contribution in [2.24, 2.45) is 5.73 Å². The van der Waals surface area contributed by atoms with E-state index in [0.29, 0.717) is 6.04 Å². The van der Waals surface area contributed by atoms with Crippen LogP contribution < -0.4 is 5.73 Å². The Labute approximate surface area is 107 Å². The van der Waals surface area contributed by atoms with Crippen molar-refractivity contribution in [1.82, 2.24) is 9.80 Å². The lowest BCUT2D eigenvalue weighted by Gasteiger charge is -2.34. The number of hydrogen-bond donors (Lipinski definition) is 1. The van der Waals surface area contributed by atoms with Gasteiger partial charge in [-0.1, -0.05) is 22.5 Å². The Bertz CT molecular complexity index is 249. The third-order valence-corrected chi connectivity index (χ3v) is 3.98. The van der Waals surface area contributed by atoms with E-state index < -0.39 is 0 Å². The molecule has 2 saturated heterocycles. The summed E-state index contributed by atoms with van der Waals surface area (Å²) in [7, 11) is 0. The molecule has 92 valence electrons. The Hall–Kier alpha value is 0.1000. The molecule has 2 heterocycles. The van der Waals surface area contributed by atoms with E-state index in [9.17, 15) is 0 Å². The van der Waals surface area contributed by atoms with Crippen LogP contribution in [0.5, 0.6) is 0 Å². The van der Waals surface area contributed by atoms with E-state index in [4.69, 9.17) is 5.73 Å². The lowest BCUT2D eigenvalue weighted by atomic mass is 10.0. The molecule has 16 heavy (non-hydrogen) atoms. The Morgan fingerprint density at radius 3 is 2.56 bits per heavy atom. The Balaban J connectivity index is 1.77. The average Bonchev–Trinajstić information content (AvgIpc) is 2.66. The molecule has 4 heteroatoms. The Morgan fingerprint density at radius 1 is 1.25 bits per heavy atom. The minimum atomic E-state index is 0.441. The number of nitrogens with zero attached hydrogens (tertiary/aromatic N) is 2. The van der Waals surface area contributed by atoms with E-state index in [1.165, 1.54) is 45.4 Å². The molecule has 2 aliphatic heterocycles. The van der Waals surface area contributed by atoms with Crippen molar-refractivity contribution in [3.63, 3.8) is 0 Å². The maximum Gasteiger partial charge on any atom is 0.0294 e. The maximum atomic E-state index is 5.93. The second-order valence-electron chi connectivity index (χ2n) is 5.07. The fourth-order valence-corrected chi connectivity index (χ4v) is 3.14. The van der Waals surface area contributed by atoms with Gasteiger partial charge in [-0.05, 0) is 32.4 Å². The second-order valence-corrected chi connectivity index (χ2v) is 6.19. The minimum Gasteiger partial charge on any atom is -0.328 e. The first kappa shape index (κ1) is 12.6. The van der Waals surface area contributed by atoms with Crippen LogP contribution in [0.1, 0.15) is 19.3 Å². The monoisotopic (exact) mass is 287 g/mol. The van der Waals surface area contributed by atoms with Crippen LogP contribution in [0.3, 0.4) is 0 Å². The second kappa shape index (κ2) is 5.63. The van der Waals surface area contributed by atoms with E-state index in [1.54, 1.807) is 0 Å². The molecule has 0 aliphatic carbocycles. The van der Waals surface area contributed by atoms with Gasteiger partial charge in [0, 0.05) is 36.2 Å². The lowest BCUT2D eigenvalue weighted by Crippen LogP contribution is -2.46. The summed E-state index contributed by atoms with van der Waals surface area (Å²) in [5, 5.41) is 0. The molecule has 1 atom stereocenters. The fraction of sp³-hybridized carbons (Fsp3) is 0.833. The predicted molar refractivity (Wildman–Crippen MR) is 71.7 cm³/mol. The predicted octanol–water partition coefficient (Wildman–Crippen LogP) is 1.39. The van der Waals surface area contributed by atoms with Crippen molar-refractivity contribution in [2.45, 2.75) is 31.3 Å². The molecule has 0 spiro atoms. The maximum absolute atomic E-state index is 5.93. The van der Waals surface area contributed by atoms with Crippen LogP contribution in [0.4, 0.5) is 0 Å². The van der Waals surface area contributed by atoms with E-state index >= 15 is 0 Å². The van der Waals surface area contributed by atoms with Crippen molar-refractivity contribution >= 4 is 15.9 Å². The standard InChI is InChI=1S/C12H22BrN3/c1-10(13)8-15-5-4-12(9-15)16-6-2-11(14)3-7-16/h11-12H,1-9,14H2. The van der Waals surface area contributed by atoms with E-state index in [-0.39, 0.29) is 0 Å². The highest BCUT2D eigenvalue weighted by molar-refractivity contribution is 9.11. The summed E-state index contributed by atoms with van der Waals surface area (Å²) in [6, 6.07) is 1.19. The topological polar surface area (TPSA) is 32.5 Å². The van der Waals surface area contributed by atoms with Gasteiger partial charge in [0.25, 0.3) is 0 Å². The summed E-state index contributed by atoms with van der Waals surface area (Å²) >= 11 is 3.44. The van der Waals surface area contributed by atoms with Crippen molar-refractivity contribution in [2.75, 3.05) is 32.7 Å². The summed E-state index contributed by atoms with van der Waals surface area (Å²) in [6.45, 7) is 9.68. The van der Waals surface area contributed by atoms with Crippen molar-refractivity contribution in [3.8, 4) is 0 Å². The highest BCUT2D eigenvalue weighted by Gasteiger charge is 2.29. The molecular weight excluding hydrogens is 266 g/mol. The highest BCUT2D eigenvalue weighted by Crippen LogP contribution is 2.21. The van der Waals surface area contributed by atoms with Gasteiger partial charge >= 0.3 is 0 Å². The SMILES string of the molecule is C=C(Br)CN1CCC(N2CCC(N)CC2)C1. The highest BCUT2D eigenvalue weighted by atomic mass is 79.9. The number of piperidine rings is 1. The molecule has 0 radical (unpaired) electrons. The summed E-state index contributed by atoms with van der Waals surface area (Å²) in [6.07, 6.45) is 3.64. The van der Waals surface area contributed by atoms with Crippen LogP contribution in [0.25, 0.3) is 0 Å². The Morgan fingerprint density at radius 2 is 1.94 bits per heavy atom. The third kappa shape index (κ3) is 3.29. The fourth-order valence-electron chi connectivity index (χ4n) is 2.78. The van der Waals surface area contributed by atoms with Crippen molar-refractivity contribution < 1.29 is 0 Å². The zero-order valence-corrected chi connectivity index (χ0v) is 11.5. The van der Waals surface area contributed by atoms with Crippen LogP contribution in [-0.2, 0) is 0 Å². The van der Waals surface area contributed by atoms with Gasteiger partial charge in [-0.3, -0.25) is 9.80 Å². The van der Waals surface area contributed by atoms with Crippen molar-refractivity contribution in [3.05, 3.63) is 11.1 Å². The smallest absolute Gasteiger partial charge is 0.0294 e. The zero-order chi connectivity index (χ0) is 11.5. The summed E-state index contributed by atoms with van der Waals surface area (Å²) in [5.41, 5.74) is 5.93. The van der Waals surface area contributed by atoms with E-state index in [2.05, 4.69) is 32.3 Å². The molecule has 0 bridgehead atoms. The first-order valence-corrected chi connectivity index (χ1v) is 6.99. The Kier molecular flexibility index (Phi) is 4.41. The van der Waals surface area contributed by atoms with Gasteiger partial charge in [0.1, 0.15) is 0 Å². The van der Waals surface area contributed by atoms with Gasteiger partial charge < -0.3 is 5.73 Å². The van der Waals surface area contributed by atoms with Gasteiger partial charge in [-0.2, -0.15) is 0 Å². The molecule has 0 amide bonds. The van der Waals surface area contributed by atoms with Crippen LogP contribution in [0, 0.1) is 0 Å². The van der Waals surface area contributed by atoms with Crippen LogP contribution in [0.15, 0.2) is 11.1 Å². The molecule has 1 unspecified atom stereocenters. The number of nitrogens with two attached hydrogens (primary N) is 1. The molecular formula is C12H22BrN3. The van der Waals surface area contributed by atoms with Gasteiger partial charge in [0.05, 0.1) is 0 Å². The summed E-state index contributed by atoms with van der Waals surface area (Å²) in [4.78, 5) is 5.11. The van der Waals surface area contributed by atoms with E-state index in [0.717, 1.165) is 17.1 Å². The number of hydrogen-bond acceptors (Lipinski definition) is 3. The molecule has 2 fully saturated rings.